The Bertz CT molecular complexity index is 1010. The van der Waals surface area contributed by atoms with Gasteiger partial charge in [-0.15, -0.1) is 11.8 Å². The van der Waals surface area contributed by atoms with Gasteiger partial charge in [0.25, 0.3) is 11.6 Å². The maximum atomic E-state index is 12.6. The highest BCUT2D eigenvalue weighted by atomic mass is 32.2. The fraction of sp³-hybridized carbons (Fsp3) is 0.391. The lowest BCUT2D eigenvalue weighted by Crippen LogP contribution is -2.38. The Morgan fingerprint density at radius 1 is 1.21 bits per heavy atom. The molecule has 2 amide bonds. The normalized spacial score (nSPS) is 13.8. The second-order valence-electron chi connectivity index (χ2n) is 7.54. The molecule has 0 atom stereocenters. The predicted octanol–water partition coefficient (Wildman–Crippen LogP) is 2.79. The Labute approximate surface area is 202 Å². The zero-order chi connectivity index (χ0) is 24.3. The van der Waals surface area contributed by atoms with Crippen LogP contribution in [-0.4, -0.2) is 73.9 Å². The number of carbonyl (C=O) groups is 2. The monoisotopic (exact) mass is 488 g/mol. The molecule has 2 aromatic carbocycles. The zero-order valence-electron chi connectivity index (χ0n) is 19.0. The maximum absolute atomic E-state index is 12.6. The van der Waals surface area contributed by atoms with E-state index in [0.717, 1.165) is 51.0 Å². The average Bonchev–Trinajstić information content (AvgIpc) is 2.86. The first-order valence-electron chi connectivity index (χ1n) is 10.9. The van der Waals surface area contributed by atoms with Crippen LogP contribution in [0.15, 0.2) is 47.4 Å². The van der Waals surface area contributed by atoms with Crippen LogP contribution in [0.25, 0.3) is 0 Å². The predicted molar refractivity (Wildman–Crippen MR) is 130 cm³/mol. The number of benzene rings is 2. The third-order valence-electron chi connectivity index (χ3n) is 5.21. The number of anilines is 1. The van der Waals surface area contributed by atoms with Crippen molar-refractivity contribution in [2.45, 2.75) is 11.3 Å². The summed E-state index contributed by atoms with van der Waals surface area (Å²) in [6, 6.07) is 11.1. The van der Waals surface area contributed by atoms with Gasteiger partial charge < -0.3 is 20.1 Å². The summed E-state index contributed by atoms with van der Waals surface area (Å²) in [5.41, 5.74) is 0.369. The van der Waals surface area contributed by atoms with Crippen LogP contribution in [0.4, 0.5) is 11.4 Å². The molecule has 1 heterocycles. The molecule has 2 aromatic rings. The van der Waals surface area contributed by atoms with E-state index in [1.54, 1.807) is 24.3 Å². The summed E-state index contributed by atoms with van der Waals surface area (Å²) in [6.45, 7) is 4.72. The number of hydrogen-bond donors (Lipinski definition) is 2. The molecule has 0 saturated carbocycles. The first-order chi connectivity index (χ1) is 16.5. The van der Waals surface area contributed by atoms with E-state index in [2.05, 4.69) is 15.5 Å². The Morgan fingerprint density at radius 2 is 1.97 bits per heavy atom. The third kappa shape index (κ3) is 7.44. The van der Waals surface area contributed by atoms with Gasteiger partial charge in [-0.3, -0.25) is 24.6 Å². The summed E-state index contributed by atoms with van der Waals surface area (Å²) < 4.78 is 10.5. The third-order valence-corrected chi connectivity index (χ3v) is 6.27. The lowest BCUT2D eigenvalue weighted by molar-refractivity contribution is -0.387. The number of methoxy groups -OCH3 is 1. The van der Waals surface area contributed by atoms with Crippen LogP contribution in [-0.2, 0) is 9.53 Å². The van der Waals surface area contributed by atoms with Crippen molar-refractivity contribution in [3.8, 4) is 5.75 Å². The van der Waals surface area contributed by atoms with Gasteiger partial charge in [0.15, 0.2) is 0 Å². The fourth-order valence-electron chi connectivity index (χ4n) is 3.42. The van der Waals surface area contributed by atoms with Gasteiger partial charge in [-0.2, -0.15) is 0 Å². The quantitative estimate of drug-likeness (QED) is 0.214. The Kier molecular flexibility index (Phi) is 9.68. The number of amides is 2. The lowest BCUT2D eigenvalue weighted by Gasteiger charge is -2.26. The van der Waals surface area contributed by atoms with E-state index in [0.29, 0.717) is 22.9 Å². The van der Waals surface area contributed by atoms with Crippen molar-refractivity contribution in [3.63, 3.8) is 0 Å². The van der Waals surface area contributed by atoms with Crippen molar-refractivity contribution >= 4 is 35.0 Å². The topological polar surface area (TPSA) is 123 Å². The molecule has 0 unspecified atom stereocenters. The van der Waals surface area contributed by atoms with Gasteiger partial charge in [0.1, 0.15) is 5.75 Å². The standard InChI is InChI=1S/C23H28N4O6S/c1-32-20-6-3-2-5-18(20)25-23(29)17-7-8-21(19(15-17)27(30)31)34-16-22(28)24-9-4-10-26-11-13-33-14-12-26/h2-3,5-8,15H,4,9-14,16H2,1H3,(H,24,28)(H,25,29). The molecule has 1 fully saturated rings. The molecule has 1 aliphatic heterocycles. The van der Waals surface area contributed by atoms with Crippen LogP contribution in [0.2, 0.25) is 0 Å². The fourth-order valence-corrected chi connectivity index (χ4v) is 4.25. The van der Waals surface area contributed by atoms with Gasteiger partial charge in [-0.1, -0.05) is 12.1 Å². The van der Waals surface area contributed by atoms with Crippen molar-refractivity contribution < 1.29 is 24.0 Å². The van der Waals surface area contributed by atoms with Crippen molar-refractivity contribution in [2.24, 2.45) is 0 Å². The van der Waals surface area contributed by atoms with E-state index in [-0.39, 0.29) is 22.9 Å². The first-order valence-corrected chi connectivity index (χ1v) is 11.9. The molecule has 0 aliphatic carbocycles. The van der Waals surface area contributed by atoms with Crippen molar-refractivity contribution in [1.82, 2.24) is 10.2 Å². The van der Waals surface area contributed by atoms with Crippen LogP contribution >= 0.6 is 11.8 Å². The molecule has 34 heavy (non-hydrogen) atoms. The minimum Gasteiger partial charge on any atom is -0.495 e. The molecule has 10 nitrogen and oxygen atoms in total. The minimum atomic E-state index is -0.553. The molecular formula is C23H28N4O6S. The first kappa shape index (κ1) is 25.5. The number of thioether (sulfide) groups is 1. The zero-order valence-corrected chi connectivity index (χ0v) is 19.8. The molecule has 182 valence electrons. The highest BCUT2D eigenvalue weighted by Crippen LogP contribution is 2.31. The highest BCUT2D eigenvalue weighted by molar-refractivity contribution is 8.00. The summed E-state index contributed by atoms with van der Waals surface area (Å²) in [5, 5.41) is 17.1. The molecule has 0 radical (unpaired) electrons. The molecule has 2 N–H and O–H groups in total. The second-order valence-corrected chi connectivity index (χ2v) is 8.56. The molecule has 1 saturated heterocycles. The number of nitro groups is 1. The number of rotatable bonds is 11. The molecule has 0 spiro atoms. The SMILES string of the molecule is COc1ccccc1NC(=O)c1ccc(SCC(=O)NCCCN2CCOCC2)c([N+](=O)[O-])c1. The Hall–Kier alpha value is -3.15. The van der Waals surface area contributed by atoms with Gasteiger partial charge in [0, 0.05) is 31.3 Å². The summed E-state index contributed by atoms with van der Waals surface area (Å²) in [4.78, 5) is 38.4. The highest BCUT2D eigenvalue weighted by Gasteiger charge is 2.20. The molecule has 3 rings (SSSR count). The summed E-state index contributed by atoms with van der Waals surface area (Å²) in [5.74, 6) is -0.166. The van der Waals surface area contributed by atoms with Gasteiger partial charge in [0.05, 0.1) is 41.6 Å². The molecular weight excluding hydrogens is 460 g/mol. The average molecular weight is 489 g/mol. The molecule has 11 heteroatoms. The number of morpholine rings is 1. The molecule has 0 bridgehead atoms. The molecule has 1 aliphatic rings. The van der Waals surface area contributed by atoms with E-state index in [4.69, 9.17) is 9.47 Å². The van der Waals surface area contributed by atoms with Crippen LogP contribution in [0.3, 0.4) is 0 Å². The van der Waals surface area contributed by atoms with Gasteiger partial charge >= 0.3 is 0 Å². The van der Waals surface area contributed by atoms with Gasteiger partial charge in [-0.05, 0) is 37.2 Å². The number of ether oxygens (including phenoxy) is 2. The lowest BCUT2D eigenvalue weighted by atomic mass is 10.2. The summed E-state index contributed by atoms with van der Waals surface area (Å²) in [7, 11) is 1.49. The largest absolute Gasteiger partial charge is 0.495 e. The van der Waals surface area contributed by atoms with Crippen LogP contribution in [0, 0.1) is 10.1 Å². The van der Waals surface area contributed by atoms with Gasteiger partial charge in [-0.25, -0.2) is 0 Å². The minimum absolute atomic E-state index is 0.0468. The van der Waals surface area contributed by atoms with E-state index in [1.165, 1.54) is 25.3 Å². The van der Waals surface area contributed by atoms with Gasteiger partial charge in [0.2, 0.25) is 5.91 Å². The number of nitro benzene ring substituents is 1. The smallest absolute Gasteiger partial charge is 0.283 e. The van der Waals surface area contributed by atoms with E-state index in [9.17, 15) is 19.7 Å². The molecule has 0 aromatic heterocycles. The Balaban J connectivity index is 1.52. The number of para-hydroxylation sites is 2. The maximum Gasteiger partial charge on any atom is 0.283 e. The van der Waals surface area contributed by atoms with Crippen LogP contribution in [0.5, 0.6) is 5.75 Å². The van der Waals surface area contributed by atoms with Crippen LogP contribution < -0.4 is 15.4 Å². The number of nitrogens with zero attached hydrogens (tertiary/aromatic N) is 2. The summed E-state index contributed by atoms with van der Waals surface area (Å²) >= 11 is 1.07. The number of hydrogen-bond acceptors (Lipinski definition) is 8. The number of nitrogens with one attached hydrogen (secondary N) is 2. The van der Waals surface area contributed by atoms with Crippen molar-refractivity contribution in [3.05, 3.63) is 58.1 Å². The van der Waals surface area contributed by atoms with E-state index >= 15 is 0 Å². The van der Waals surface area contributed by atoms with Crippen molar-refractivity contribution in [2.75, 3.05) is 57.6 Å². The Morgan fingerprint density at radius 3 is 2.71 bits per heavy atom. The van der Waals surface area contributed by atoms with E-state index in [1.807, 2.05) is 0 Å². The summed E-state index contributed by atoms with van der Waals surface area (Å²) in [6.07, 6.45) is 0.826. The van der Waals surface area contributed by atoms with E-state index < -0.39 is 10.8 Å². The van der Waals surface area contributed by atoms with Crippen LogP contribution in [0.1, 0.15) is 16.8 Å². The second kappa shape index (κ2) is 12.9. The van der Waals surface area contributed by atoms with Crippen molar-refractivity contribution in [1.29, 1.82) is 0 Å². The number of carbonyl (C=O) groups excluding carboxylic acids is 2.